The summed E-state index contributed by atoms with van der Waals surface area (Å²) in [5, 5.41) is 3.41. The van der Waals surface area contributed by atoms with Gasteiger partial charge in [-0.15, -0.1) is 0 Å². The Morgan fingerprint density at radius 1 is 1.06 bits per heavy atom. The molecule has 1 aliphatic heterocycles. The Morgan fingerprint density at radius 3 is 2.76 bits per heavy atom. The van der Waals surface area contributed by atoms with E-state index in [-0.39, 0.29) is 6.04 Å². The molecule has 1 aliphatic rings. The van der Waals surface area contributed by atoms with Gasteiger partial charge in [-0.2, -0.15) is 0 Å². The van der Waals surface area contributed by atoms with E-state index in [2.05, 4.69) is 54.0 Å². The molecule has 4 aromatic rings. The van der Waals surface area contributed by atoms with Gasteiger partial charge in [-0.05, 0) is 37.9 Å². The molecule has 0 radical (unpaired) electrons. The summed E-state index contributed by atoms with van der Waals surface area (Å²) >= 11 is 0. The van der Waals surface area contributed by atoms with Gasteiger partial charge in [0.2, 0.25) is 0 Å². The summed E-state index contributed by atoms with van der Waals surface area (Å²) in [6.07, 6.45) is 5.80. The molecule has 9 nitrogen and oxygen atoms in total. The number of benzene rings is 1. The zero-order chi connectivity index (χ0) is 23.3. The third-order valence-electron chi connectivity index (χ3n) is 6.14. The smallest absolute Gasteiger partial charge is 0.166 e. The SMILES string of the molecule is COCCNc1nc(C2CCCN2Cc2ccnc(C)n2)nc2c1ncn2Cc1ccccc1. The normalized spacial score (nSPS) is 16.4. The summed E-state index contributed by atoms with van der Waals surface area (Å²) in [4.78, 5) is 25.9. The molecule has 1 N–H and O–H groups in total. The molecule has 0 saturated carbocycles. The molecule has 34 heavy (non-hydrogen) atoms. The number of anilines is 1. The molecule has 4 heterocycles. The molecule has 1 saturated heterocycles. The largest absolute Gasteiger partial charge is 0.383 e. The Hall–Kier alpha value is -3.43. The van der Waals surface area contributed by atoms with E-state index in [1.165, 1.54) is 5.56 Å². The molecular formula is C25H30N8O. The number of hydrogen-bond acceptors (Lipinski definition) is 8. The van der Waals surface area contributed by atoms with Crippen LogP contribution in [0.5, 0.6) is 0 Å². The predicted molar refractivity (Wildman–Crippen MR) is 130 cm³/mol. The maximum Gasteiger partial charge on any atom is 0.166 e. The van der Waals surface area contributed by atoms with Crippen LogP contribution in [0.2, 0.25) is 0 Å². The van der Waals surface area contributed by atoms with Gasteiger partial charge in [-0.1, -0.05) is 30.3 Å². The van der Waals surface area contributed by atoms with Crippen LogP contribution in [-0.4, -0.2) is 61.2 Å². The minimum atomic E-state index is 0.128. The van der Waals surface area contributed by atoms with Gasteiger partial charge < -0.3 is 14.6 Å². The van der Waals surface area contributed by atoms with Crippen LogP contribution >= 0.6 is 0 Å². The number of aromatic nitrogens is 6. The maximum atomic E-state index is 5.23. The first-order chi connectivity index (χ1) is 16.7. The predicted octanol–water partition coefficient (Wildman–Crippen LogP) is 3.37. The molecule has 0 bridgehead atoms. The third-order valence-corrected chi connectivity index (χ3v) is 6.14. The lowest BCUT2D eigenvalue weighted by Gasteiger charge is -2.23. The van der Waals surface area contributed by atoms with Crippen molar-refractivity contribution in [2.45, 2.75) is 38.9 Å². The number of nitrogens with one attached hydrogen (secondary N) is 1. The zero-order valence-electron chi connectivity index (χ0n) is 19.7. The number of ether oxygens (including phenoxy) is 1. The molecule has 3 aromatic heterocycles. The summed E-state index contributed by atoms with van der Waals surface area (Å²) in [5.74, 6) is 2.37. The van der Waals surface area contributed by atoms with Gasteiger partial charge in [0.05, 0.1) is 31.2 Å². The fraction of sp³-hybridized carbons (Fsp3) is 0.400. The summed E-state index contributed by atoms with van der Waals surface area (Å²) in [6, 6.07) is 12.5. The number of rotatable bonds is 9. The summed E-state index contributed by atoms with van der Waals surface area (Å²) < 4.78 is 7.33. The lowest BCUT2D eigenvalue weighted by atomic mass is 10.2. The van der Waals surface area contributed by atoms with Crippen LogP contribution in [0.3, 0.4) is 0 Å². The van der Waals surface area contributed by atoms with Crippen LogP contribution in [0, 0.1) is 6.92 Å². The third kappa shape index (κ3) is 4.90. The van der Waals surface area contributed by atoms with Crippen molar-refractivity contribution in [3.05, 3.63) is 71.8 Å². The number of hydrogen-bond donors (Lipinski definition) is 1. The minimum absolute atomic E-state index is 0.128. The van der Waals surface area contributed by atoms with E-state index in [1.807, 2.05) is 31.6 Å². The topological polar surface area (TPSA) is 93.9 Å². The molecule has 1 unspecified atom stereocenters. The summed E-state index contributed by atoms with van der Waals surface area (Å²) in [7, 11) is 1.70. The van der Waals surface area contributed by atoms with Gasteiger partial charge >= 0.3 is 0 Å². The first-order valence-corrected chi connectivity index (χ1v) is 11.7. The Bertz CT molecular complexity index is 1240. The van der Waals surface area contributed by atoms with Crippen molar-refractivity contribution in [1.82, 2.24) is 34.4 Å². The lowest BCUT2D eigenvalue weighted by Crippen LogP contribution is -2.25. The summed E-state index contributed by atoms with van der Waals surface area (Å²) in [6.45, 7) is 5.63. The molecule has 176 valence electrons. The van der Waals surface area contributed by atoms with Crippen molar-refractivity contribution < 1.29 is 4.74 Å². The molecule has 1 atom stereocenters. The van der Waals surface area contributed by atoms with E-state index in [0.717, 1.165) is 60.3 Å². The van der Waals surface area contributed by atoms with E-state index in [9.17, 15) is 0 Å². The van der Waals surface area contributed by atoms with E-state index in [1.54, 1.807) is 7.11 Å². The number of imidazole rings is 1. The van der Waals surface area contributed by atoms with Crippen LogP contribution in [0.15, 0.2) is 48.9 Å². The number of methoxy groups -OCH3 is 1. The highest BCUT2D eigenvalue weighted by molar-refractivity contribution is 5.83. The molecule has 5 rings (SSSR count). The van der Waals surface area contributed by atoms with Crippen LogP contribution in [0.4, 0.5) is 5.82 Å². The Kier molecular flexibility index (Phi) is 6.73. The molecule has 9 heteroatoms. The van der Waals surface area contributed by atoms with Crippen LogP contribution in [-0.2, 0) is 17.8 Å². The first kappa shape index (κ1) is 22.4. The van der Waals surface area contributed by atoms with Crippen LogP contribution in [0.25, 0.3) is 11.2 Å². The van der Waals surface area contributed by atoms with Crippen LogP contribution < -0.4 is 5.32 Å². The Morgan fingerprint density at radius 2 is 1.94 bits per heavy atom. The average molecular weight is 459 g/mol. The van der Waals surface area contributed by atoms with Gasteiger partial charge in [-0.3, -0.25) is 4.90 Å². The van der Waals surface area contributed by atoms with Crippen molar-refractivity contribution >= 4 is 17.0 Å². The number of likely N-dealkylation sites (tertiary alicyclic amines) is 1. The van der Waals surface area contributed by atoms with Crippen molar-refractivity contribution in [3.8, 4) is 0 Å². The highest BCUT2D eigenvalue weighted by atomic mass is 16.5. The molecule has 0 aliphatic carbocycles. The number of aryl methyl sites for hydroxylation is 1. The standard InChI is InChI=1S/C25H30N8O/c1-18-26-11-10-20(29-18)16-32-13-6-9-21(32)23-30-24(27-12-14-34-2)22-25(31-23)33(17-28-22)15-19-7-4-3-5-8-19/h3-5,7-8,10-11,17,21H,6,9,12-16H2,1-2H3,(H,27,30,31). The molecule has 1 fully saturated rings. The molecular weight excluding hydrogens is 428 g/mol. The van der Waals surface area contributed by atoms with Gasteiger partial charge in [0.1, 0.15) is 17.2 Å². The second-order valence-corrected chi connectivity index (χ2v) is 8.60. The fourth-order valence-corrected chi connectivity index (χ4v) is 4.51. The monoisotopic (exact) mass is 458 g/mol. The van der Waals surface area contributed by atoms with Crippen molar-refractivity contribution in [2.24, 2.45) is 0 Å². The quantitative estimate of drug-likeness (QED) is 0.382. The van der Waals surface area contributed by atoms with Crippen LogP contribution in [0.1, 0.15) is 41.8 Å². The summed E-state index contributed by atoms with van der Waals surface area (Å²) in [5.41, 5.74) is 3.86. The molecule has 1 aromatic carbocycles. The second-order valence-electron chi connectivity index (χ2n) is 8.60. The van der Waals surface area contributed by atoms with Crippen molar-refractivity contribution in [2.75, 3.05) is 32.1 Å². The average Bonchev–Trinajstić information content (AvgIpc) is 3.47. The maximum absolute atomic E-state index is 5.23. The minimum Gasteiger partial charge on any atom is -0.383 e. The van der Waals surface area contributed by atoms with E-state index in [4.69, 9.17) is 14.7 Å². The van der Waals surface area contributed by atoms with E-state index in [0.29, 0.717) is 19.7 Å². The second kappa shape index (κ2) is 10.2. The Labute approximate surface area is 199 Å². The van der Waals surface area contributed by atoms with E-state index >= 15 is 0 Å². The zero-order valence-corrected chi connectivity index (χ0v) is 19.7. The lowest BCUT2D eigenvalue weighted by molar-refractivity contribution is 0.210. The Balaban J connectivity index is 1.49. The van der Waals surface area contributed by atoms with Gasteiger partial charge in [0.15, 0.2) is 11.5 Å². The van der Waals surface area contributed by atoms with E-state index < -0.39 is 0 Å². The highest BCUT2D eigenvalue weighted by Gasteiger charge is 2.30. The van der Waals surface area contributed by atoms with Gasteiger partial charge in [-0.25, -0.2) is 24.9 Å². The van der Waals surface area contributed by atoms with Gasteiger partial charge in [0.25, 0.3) is 0 Å². The number of nitrogens with zero attached hydrogens (tertiary/aromatic N) is 7. The molecule has 0 spiro atoms. The van der Waals surface area contributed by atoms with Crippen molar-refractivity contribution in [3.63, 3.8) is 0 Å². The van der Waals surface area contributed by atoms with Crippen molar-refractivity contribution in [1.29, 1.82) is 0 Å². The van der Waals surface area contributed by atoms with Gasteiger partial charge in [0, 0.05) is 26.4 Å². The number of fused-ring (bicyclic) bond motifs is 1. The highest BCUT2D eigenvalue weighted by Crippen LogP contribution is 2.33. The fourth-order valence-electron chi connectivity index (χ4n) is 4.51. The first-order valence-electron chi connectivity index (χ1n) is 11.7. The molecule has 0 amide bonds.